The number of carbonyl (C=O) groups is 1. The highest BCUT2D eigenvalue weighted by Crippen LogP contribution is 2.28. The predicted octanol–water partition coefficient (Wildman–Crippen LogP) is 1.76. The average molecular weight is 266 g/mol. The highest BCUT2D eigenvalue weighted by molar-refractivity contribution is 5.74. The molecule has 2 aliphatic rings. The van der Waals surface area contributed by atoms with Gasteiger partial charge in [0.15, 0.2) is 0 Å². The number of hydrogen-bond acceptors (Lipinski definition) is 2. The Kier molecular flexibility index (Phi) is 3.99. The molecule has 2 heterocycles. The number of amides is 2. The Morgan fingerprint density at radius 1 is 1.39 bits per heavy atom. The molecule has 0 bridgehead atoms. The third kappa shape index (κ3) is 3.51. The molecule has 18 heavy (non-hydrogen) atoms. The van der Waals surface area contributed by atoms with Crippen LogP contribution in [0, 0.1) is 5.92 Å². The SMILES string of the molecule is O=C(NCC(F)(F)F)N1CC[C@@H]2OCCC[C@@H]2C1. The lowest BCUT2D eigenvalue weighted by molar-refractivity contribution is -0.123. The van der Waals surface area contributed by atoms with Gasteiger partial charge in [0.05, 0.1) is 6.10 Å². The van der Waals surface area contributed by atoms with Crippen molar-refractivity contribution < 1.29 is 22.7 Å². The molecule has 0 saturated carbocycles. The molecule has 0 aromatic heterocycles. The number of nitrogens with one attached hydrogen (secondary N) is 1. The summed E-state index contributed by atoms with van der Waals surface area (Å²) in [6.07, 6.45) is -1.54. The summed E-state index contributed by atoms with van der Waals surface area (Å²) in [5.41, 5.74) is 0. The maximum Gasteiger partial charge on any atom is 0.405 e. The summed E-state index contributed by atoms with van der Waals surface area (Å²) in [5.74, 6) is 0.268. The Balaban J connectivity index is 1.81. The van der Waals surface area contributed by atoms with Crippen LogP contribution in [0.3, 0.4) is 0 Å². The van der Waals surface area contributed by atoms with E-state index < -0.39 is 18.8 Å². The van der Waals surface area contributed by atoms with Crippen molar-refractivity contribution in [3.63, 3.8) is 0 Å². The molecule has 0 aromatic carbocycles. The van der Waals surface area contributed by atoms with Crippen LogP contribution in [0.4, 0.5) is 18.0 Å². The molecular formula is C11H17F3N2O2. The van der Waals surface area contributed by atoms with Crippen LogP contribution in [-0.4, -0.2) is 49.5 Å². The van der Waals surface area contributed by atoms with Gasteiger partial charge in [-0.15, -0.1) is 0 Å². The quantitative estimate of drug-likeness (QED) is 0.785. The van der Waals surface area contributed by atoms with Crippen LogP contribution in [0.25, 0.3) is 0 Å². The van der Waals surface area contributed by atoms with Crippen molar-refractivity contribution in [2.45, 2.75) is 31.5 Å². The summed E-state index contributed by atoms with van der Waals surface area (Å²) in [6.45, 7) is 0.438. The second-order valence-electron chi connectivity index (χ2n) is 4.82. The Hall–Kier alpha value is -0.980. The van der Waals surface area contributed by atoms with Crippen molar-refractivity contribution >= 4 is 6.03 Å². The summed E-state index contributed by atoms with van der Waals surface area (Å²) < 4.78 is 41.6. The number of urea groups is 1. The number of hydrogen-bond donors (Lipinski definition) is 1. The van der Waals surface area contributed by atoms with Gasteiger partial charge < -0.3 is 15.0 Å². The first-order valence-corrected chi connectivity index (χ1v) is 6.17. The lowest BCUT2D eigenvalue weighted by Crippen LogP contribution is -2.52. The van der Waals surface area contributed by atoms with E-state index in [2.05, 4.69) is 0 Å². The van der Waals surface area contributed by atoms with Gasteiger partial charge in [0.25, 0.3) is 0 Å². The van der Waals surface area contributed by atoms with Crippen molar-refractivity contribution in [3.05, 3.63) is 0 Å². The summed E-state index contributed by atoms with van der Waals surface area (Å²) >= 11 is 0. The van der Waals surface area contributed by atoms with E-state index in [1.54, 1.807) is 0 Å². The zero-order chi connectivity index (χ0) is 13.2. The molecule has 2 amide bonds. The second kappa shape index (κ2) is 5.34. The zero-order valence-electron chi connectivity index (χ0n) is 10.0. The molecule has 2 aliphatic heterocycles. The second-order valence-corrected chi connectivity index (χ2v) is 4.82. The van der Waals surface area contributed by atoms with Gasteiger partial charge in [0.1, 0.15) is 6.54 Å². The summed E-state index contributed by atoms with van der Waals surface area (Å²) in [6, 6.07) is -0.628. The number of alkyl halides is 3. The number of halogens is 3. The van der Waals surface area contributed by atoms with Gasteiger partial charge in [-0.25, -0.2) is 4.79 Å². The summed E-state index contributed by atoms with van der Waals surface area (Å²) in [5, 5.41) is 1.91. The molecule has 1 N–H and O–H groups in total. The van der Waals surface area contributed by atoms with Crippen molar-refractivity contribution in [1.82, 2.24) is 10.2 Å². The Bertz CT molecular complexity index is 309. The first kappa shape index (κ1) is 13.5. The molecule has 104 valence electrons. The lowest BCUT2D eigenvalue weighted by atomic mass is 9.89. The zero-order valence-corrected chi connectivity index (χ0v) is 10.0. The number of ether oxygens (including phenoxy) is 1. The van der Waals surface area contributed by atoms with Crippen LogP contribution in [0.2, 0.25) is 0 Å². The average Bonchev–Trinajstić information content (AvgIpc) is 2.34. The van der Waals surface area contributed by atoms with Gasteiger partial charge in [0.2, 0.25) is 0 Å². The van der Waals surface area contributed by atoms with Crippen LogP contribution in [0.1, 0.15) is 19.3 Å². The Morgan fingerprint density at radius 2 is 2.17 bits per heavy atom. The van der Waals surface area contributed by atoms with Gasteiger partial charge in [-0.1, -0.05) is 0 Å². The predicted molar refractivity (Wildman–Crippen MR) is 58.1 cm³/mol. The molecule has 4 nitrogen and oxygen atoms in total. The van der Waals surface area contributed by atoms with E-state index in [9.17, 15) is 18.0 Å². The summed E-state index contributed by atoms with van der Waals surface area (Å²) in [4.78, 5) is 13.1. The first-order valence-electron chi connectivity index (χ1n) is 6.17. The molecule has 2 rings (SSSR count). The van der Waals surface area contributed by atoms with Gasteiger partial charge in [0, 0.05) is 25.6 Å². The number of likely N-dealkylation sites (tertiary alicyclic amines) is 1. The van der Waals surface area contributed by atoms with E-state index in [0.29, 0.717) is 19.5 Å². The van der Waals surface area contributed by atoms with Crippen LogP contribution < -0.4 is 5.32 Å². The fourth-order valence-corrected chi connectivity index (χ4v) is 2.56. The normalized spacial score (nSPS) is 28.7. The molecule has 7 heteroatoms. The molecule has 0 spiro atoms. The minimum atomic E-state index is -4.36. The first-order chi connectivity index (χ1) is 8.46. The van der Waals surface area contributed by atoms with Gasteiger partial charge in [-0.2, -0.15) is 13.2 Å². The molecular weight excluding hydrogens is 249 g/mol. The monoisotopic (exact) mass is 266 g/mol. The maximum absolute atomic E-state index is 12.0. The number of rotatable bonds is 1. The summed E-state index contributed by atoms with van der Waals surface area (Å²) in [7, 11) is 0. The fraction of sp³-hybridized carbons (Fsp3) is 0.909. The Labute approximate surface area is 103 Å². The van der Waals surface area contributed by atoms with E-state index in [4.69, 9.17) is 4.74 Å². The van der Waals surface area contributed by atoms with E-state index in [-0.39, 0.29) is 12.0 Å². The number of piperidine rings is 1. The molecule has 0 aromatic rings. The van der Waals surface area contributed by atoms with Crippen LogP contribution in [-0.2, 0) is 4.74 Å². The van der Waals surface area contributed by atoms with Crippen LogP contribution in [0.5, 0.6) is 0 Å². The number of carbonyl (C=O) groups excluding carboxylic acids is 1. The van der Waals surface area contributed by atoms with E-state index in [0.717, 1.165) is 19.4 Å². The largest absolute Gasteiger partial charge is 0.405 e. The third-order valence-electron chi connectivity index (χ3n) is 3.44. The fourth-order valence-electron chi connectivity index (χ4n) is 2.56. The van der Waals surface area contributed by atoms with Crippen molar-refractivity contribution in [3.8, 4) is 0 Å². The van der Waals surface area contributed by atoms with Crippen molar-refractivity contribution in [1.29, 1.82) is 0 Å². The van der Waals surface area contributed by atoms with Crippen molar-refractivity contribution in [2.75, 3.05) is 26.2 Å². The maximum atomic E-state index is 12.0. The smallest absolute Gasteiger partial charge is 0.378 e. The highest BCUT2D eigenvalue weighted by atomic mass is 19.4. The number of fused-ring (bicyclic) bond motifs is 1. The van der Waals surface area contributed by atoms with Gasteiger partial charge in [-0.3, -0.25) is 0 Å². The minimum Gasteiger partial charge on any atom is -0.378 e. The molecule has 0 unspecified atom stereocenters. The van der Waals surface area contributed by atoms with Gasteiger partial charge >= 0.3 is 12.2 Å². The minimum absolute atomic E-state index is 0.172. The molecule has 2 fully saturated rings. The number of nitrogens with zero attached hydrogens (tertiary/aromatic N) is 1. The standard InChI is InChI=1S/C11H17F3N2O2/c12-11(13,14)7-15-10(17)16-4-3-9-8(6-16)2-1-5-18-9/h8-9H,1-7H2,(H,15,17)/t8-,9+/m1/s1. The highest BCUT2D eigenvalue weighted by Gasteiger charge is 2.35. The van der Waals surface area contributed by atoms with Crippen LogP contribution >= 0.6 is 0 Å². The molecule has 2 atom stereocenters. The van der Waals surface area contributed by atoms with E-state index in [1.165, 1.54) is 4.90 Å². The van der Waals surface area contributed by atoms with Gasteiger partial charge in [-0.05, 0) is 19.3 Å². The van der Waals surface area contributed by atoms with Crippen LogP contribution in [0.15, 0.2) is 0 Å². The van der Waals surface area contributed by atoms with E-state index in [1.807, 2.05) is 5.32 Å². The molecule has 0 aliphatic carbocycles. The third-order valence-corrected chi connectivity index (χ3v) is 3.44. The topological polar surface area (TPSA) is 41.6 Å². The molecule has 0 radical (unpaired) electrons. The van der Waals surface area contributed by atoms with Crippen molar-refractivity contribution in [2.24, 2.45) is 5.92 Å². The Morgan fingerprint density at radius 3 is 2.89 bits per heavy atom. The lowest BCUT2D eigenvalue weighted by Gasteiger charge is -2.40. The molecule has 2 saturated heterocycles. The van der Waals surface area contributed by atoms with E-state index >= 15 is 0 Å².